The van der Waals surface area contributed by atoms with Crippen molar-refractivity contribution in [3.8, 4) is 23.7 Å². The number of rotatable bonds is 3. The molecule has 1 aliphatic rings. The minimum atomic E-state index is -0.450. The van der Waals surface area contributed by atoms with E-state index in [9.17, 15) is 4.79 Å². The van der Waals surface area contributed by atoms with E-state index in [2.05, 4.69) is 40.5 Å². The van der Waals surface area contributed by atoms with E-state index in [1.807, 2.05) is 12.1 Å². The lowest BCUT2D eigenvalue weighted by Crippen LogP contribution is -2.43. The lowest BCUT2D eigenvalue weighted by Gasteiger charge is -2.31. The first kappa shape index (κ1) is 17.8. The maximum Gasteiger partial charge on any atom is 0.248 e. The standard InChI is InChI=1S/C21H21N3O2/c1-23-12-14-24(15-13-23)16-20-11-10-19(26-20)5-3-2-4-17-6-8-18(9-7-17)21(22)25/h6-11H,12-16H2,1H3,(H2,22,25). The van der Waals surface area contributed by atoms with E-state index in [0.29, 0.717) is 11.3 Å². The van der Waals surface area contributed by atoms with Crippen LogP contribution in [0.2, 0.25) is 0 Å². The Morgan fingerprint density at radius 2 is 1.73 bits per heavy atom. The molecule has 5 heteroatoms. The Hall–Kier alpha value is -2.99. The van der Waals surface area contributed by atoms with Crippen molar-refractivity contribution in [1.29, 1.82) is 0 Å². The van der Waals surface area contributed by atoms with Gasteiger partial charge in [0.05, 0.1) is 6.54 Å². The number of hydrogen-bond acceptors (Lipinski definition) is 4. The maximum absolute atomic E-state index is 11.0. The Morgan fingerprint density at radius 1 is 1.04 bits per heavy atom. The second-order valence-corrected chi connectivity index (χ2v) is 6.29. The molecular formula is C21H21N3O2. The quantitative estimate of drug-likeness (QED) is 0.856. The summed E-state index contributed by atoms with van der Waals surface area (Å²) in [5, 5.41) is 0. The first-order chi connectivity index (χ1) is 12.6. The number of nitrogens with two attached hydrogens (primary N) is 1. The SMILES string of the molecule is CN1CCN(Cc2ccc(C#CC#Cc3ccc(C(N)=O)cc3)o2)CC1. The molecular weight excluding hydrogens is 326 g/mol. The van der Waals surface area contributed by atoms with Gasteiger partial charge in [0.15, 0.2) is 5.76 Å². The first-order valence-electron chi connectivity index (χ1n) is 8.52. The summed E-state index contributed by atoms with van der Waals surface area (Å²) in [6.45, 7) is 5.09. The summed E-state index contributed by atoms with van der Waals surface area (Å²) >= 11 is 0. The molecule has 1 aromatic carbocycles. The fourth-order valence-corrected chi connectivity index (χ4v) is 2.67. The predicted molar refractivity (Wildman–Crippen MR) is 100 cm³/mol. The van der Waals surface area contributed by atoms with Crippen molar-refractivity contribution in [1.82, 2.24) is 9.80 Å². The highest BCUT2D eigenvalue weighted by Gasteiger charge is 2.15. The van der Waals surface area contributed by atoms with Gasteiger partial charge in [0.1, 0.15) is 5.76 Å². The van der Waals surface area contributed by atoms with Crippen molar-refractivity contribution < 1.29 is 9.21 Å². The van der Waals surface area contributed by atoms with Crippen molar-refractivity contribution in [2.45, 2.75) is 6.54 Å². The van der Waals surface area contributed by atoms with Crippen molar-refractivity contribution in [2.75, 3.05) is 33.2 Å². The summed E-state index contributed by atoms with van der Waals surface area (Å²) in [5.74, 6) is 12.5. The molecule has 3 rings (SSSR count). The molecule has 2 heterocycles. The van der Waals surface area contributed by atoms with E-state index in [1.165, 1.54) is 0 Å². The topological polar surface area (TPSA) is 62.7 Å². The molecule has 0 unspecified atom stereocenters. The Labute approximate surface area is 153 Å². The van der Waals surface area contributed by atoms with Crippen LogP contribution in [0.5, 0.6) is 0 Å². The van der Waals surface area contributed by atoms with Crippen molar-refractivity contribution in [2.24, 2.45) is 5.73 Å². The molecule has 5 nitrogen and oxygen atoms in total. The number of carbonyl (C=O) groups excluding carboxylic acids is 1. The average molecular weight is 347 g/mol. The lowest BCUT2D eigenvalue weighted by atomic mass is 10.1. The number of nitrogens with zero attached hydrogens (tertiary/aromatic N) is 2. The zero-order valence-electron chi connectivity index (χ0n) is 14.8. The number of hydrogen-bond donors (Lipinski definition) is 1. The number of benzene rings is 1. The van der Waals surface area contributed by atoms with Gasteiger partial charge in [0.25, 0.3) is 0 Å². The Kier molecular flexibility index (Phi) is 5.76. The summed E-state index contributed by atoms with van der Waals surface area (Å²) in [4.78, 5) is 15.7. The molecule has 0 aliphatic carbocycles. The van der Waals surface area contributed by atoms with Gasteiger partial charge < -0.3 is 15.1 Å². The number of carbonyl (C=O) groups is 1. The van der Waals surface area contributed by atoms with Crippen molar-refractivity contribution in [3.05, 3.63) is 59.0 Å². The van der Waals surface area contributed by atoms with Gasteiger partial charge in [-0.15, -0.1) is 0 Å². The van der Waals surface area contributed by atoms with Crippen LogP contribution in [0.25, 0.3) is 0 Å². The van der Waals surface area contributed by atoms with Crippen LogP contribution in [-0.4, -0.2) is 48.9 Å². The maximum atomic E-state index is 11.0. The molecule has 26 heavy (non-hydrogen) atoms. The van der Waals surface area contributed by atoms with Crippen molar-refractivity contribution in [3.63, 3.8) is 0 Å². The second-order valence-electron chi connectivity index (χ2n) is 6.29. The summed E-state index contributed by atoms with van der Waals surface area (Å²) in [6.07, 6.45) is 0. The molecule has 2 N–H and O–H groups in total. The summed E-state index contributed by atoms with van der Waals surface area (Å²) in [7, 11) is 2.14. The highest BCUT2D eigenvalue weighted by Crippen LogP contribution is 2.11. The van der Waals surface area contributed by atoms with E-state index in [1.54, 1.807) is 24.3 Å². The average Bonchev–Trinajstić information content (AvgIpc) is 3.08. The van der Waals surface area contributed by atoms with Crippen LogP contribution >= 0.6 is 0 Å². The van der Waals surface area contributed by atoms with Gasteiger partial charge in [0.2, 0.25) is 5.91 Å². The molecule has 1 amide bonds. The van der Waals surface area contributed by atoms with Crippen molar-refractivity contribution >= 4 is 5.91 Å². The fourth-order valence-electron chi connectivity index (χ4n) is 2.67. The van der Waals surface area contributed by atoms with Crippen LogP contribution in [0, 0.1) is 23.7 Å². The minimum Gasteiger partial charge on any atom is -0.451 e. The molecule has 1 aliphatic heterocycles. The van der Waals surface area contributed by atoms with Crippen LogP contribution in [0.1, 0.15) is 27.4 Å². The fraction of sp³-hybridized carbons (Fsp3) is 0.286. The highest BCUT2D eigenvalue weighted by atomic mass is 16.3. The summed E-state index contributed by atoms with van der Waals surface area (Å²) in [5.41, 5.74) is 6.44. The molecule has 132 valence electrons. The van der Waals surface area contributed by atoms with E-state index < -0.39 is 5.91 Å². The zero-order chi connectivity index (χ0) is 18.4. The monoisotopic (exact) mass is 347 g/mol. The molecule has 0 bridgehead atoms. The molecule has 1 fully saturated rings. The van der Waals surface area contributed by atoms with E-state index in [0.717, 1.165) is 44.0 Å². The van der Waals surface area contributed by atoms with Crippen LogP contribution in [0.3, 0.4) is 0 Å². The second kappa shape index (κ2) is 8.40. The first-order valence-corrected chi connectivity index (χ1v) is 8.52. The molecule has 2 aromatic rings. The van der Waals surface area contributed by atoms with Gasteiger partial charge in [0, 0.05) is 37.3 Å². The largest absolute Gasteiger partial charge is 0.451 e. The molecule has 0 saturated carbocycles. The summed E-state index contributed by atoms with van der Waals surface area (Å²) < 4.78 is 5.76. The van der Waals surface area contributed by atoms with E-state index in [-0.39, 0.29) is 0 Å². The van der Waals surface area contributed by atoms with Crippen LogP contribution in [0.15, 0.2) is 40.8 Å². The number of likely N-dealkylation sites (N-methyl/N-ethyl adjacent to an activating group) is 1. The zero-order valence-corrected chi connectivity index (χ0v) is 14.8. The van der Waals surface area contributed by atoms with Gasteiger partial charge in [-0.1, -0.05) is 5.92 Å². The Morgan fingerprint density at radius 3 is 2.42 bits per heavy atom. The van der Waals surface area contributed by atoms with Crippen LogP contribution in [0.4, 0.5) is 0 Å². The smallest absolute Gasteiger partial charge is 0.248 e. The lowest BCUT2D eigenvalue weighted by molar-refractivity contribution is 0.100. The molecule has 1 saturated heterocycles. The predicted octanol–water partition coefficient (Wildman–Crippen LogP) is 1.53. The molecule has 0 radical (unpaired) electrons. The number of furan rings is 1. The van der Waals surface area contributed by atoms with Gasteiger partial charge in [-0.05, 0) is 61.2 Å². The Bertz CT molecular complexity index is 883. The minimum absolute atomic E-state index is 0.450. The number of piperazine rings is 1. The normalized spacial score (nSPS) is 14.8. The van der Waals surface area contributed by atoms with Crippen LogP contribution < -0.4 is 5.73 Å². The third-order valence-electron chi connectivity index (χ3n) is 4.26. The number of primary amides is 1. The summed E-state index contributed by atoms with van der Waals surface area (Å²) in [6, 6.07) is 10.6. The number of amides is 1. The molecule has 0 atom stereocenters. The third-order valence-corrected chi connectivity index (χ3v) is 4.26. The molecule has 1 aromatic heterocycles. The van der Waals surface area contributed by atoms with Gasteiger partial charge in [-0.2, -0.15) is 0 Å². The molecule has 0 spiro atoms. The van der Waals surface area contributed by atoms with E-state index >= 15 is 0 Å². The highest BCUT2D eigenvalue weighted by molar-refractivity contribution is 5.92. The van der Waals surface area contributed by atoms with Gasteiger partial charge >= 0.3 is 0 Å². The third kappa shape index (κ3) is 5.00. The van der Waals surface area contributed by atoms with E-state index in [4.69, 9.17) is 10.2 Å². The van der Waals surface area contributed by atoms with Gasteiger partial charge in [-0.3, -0.25) is 9.69 Å². The Balaban J connectivity index is 1.56. The van der Waals surface area contributed by atoms with Gasteiger partial charge in [-0.25, -0.2) is 0 Å². The van der Waals surface area contributed by atoms with Crippen LogP contribution in [-0.2, 0) is 6.54 Å².